The van der Waals surface area contributed by atoms with E-state index in [2.05, 4.69) is 5.32 Å². The van der Waals surface area contributed by atoms with Crippen LogP contribution in [0.2, 0.25) is 0 Å². The van der Waals surface area contributed by atoms with Crippen LogP contribution in [0.3, 0.4) is 0 Å². The van der Waals surface area contributed by atoms with Crippen LogP contribution in [0.5, 0.6) is 11.5 Å². The van der Waals surface area contributed by atoms with Gasteiger partial charge in [0.25, 0.3) is 0 Å². The molecule has 2 aromatic rings. The molecule has 0 radical (unpaired) electrons. The van der Waals surface area contributed by atoms with Crippen LogP contribution < -0.4 is 14.8 Å². The number of hydrogen-bond acceptors (Lipinski definition) is 3. The van der Waals surface area contributed by atoms with Gasteiger partial charge in [-0.2, -0.15) is 0 Å². The Balaban J connectivity index is 1.88. The van der Waals surface area contributed by atoms with Crippen molar-refractivity contribution in [3.63, 3.8) is 0 Å². The van der Waals surface area contributed by atoms with Gasteiger partial charge in [-0.15, -0.1) is 0 Å². The van der Waals surface area contributed by atoms with E-state index in [0.29, 0.717) is 24.5 Å². The Labute approximate surface area is 143 Å². The predicted molar refractivity (Wildman–Crippen MR) is 86.3 cm³/mol. The Kier molecular flexibility index (Phi) is 6.27. The molecule has 0 fully saturated rings. The molecule has 1 amide bonds. The number of rotatable bonds is 7. The number of benzene rings is 2. The highest BCUT2D eigenvalue weighted by Crippen LogP contribution is 2.27. The van der Waals surface area contributed by atoms with E-state index in [4.69, 9.17) is 9.47 Å². The van der Waals surface area contributed by atoms with E-state index in [1.54, 1.807) is 19.2 Å². The minimum Gasteiger partial charge on any atom is -0.493 e. The Morgan fingerprint density at radius 2 is 1.60 bits per heavy atom. The van der Waals surface area contributed by atoms with E-state index >= 15 is 0 Å². The van der Waals surface area contributed by atoms with Gasteiger partial charge in [-0.1, -0.05) is 6.07 Å². The third-order valence-corrected chi connectivity index (χ3v) is 3.59. The first-order valence-corrected chi connectivity index (χ1v) is 7.55. The third-order valence-electron chi connectivity index (χ3n) is 3.59. The molecule has 1 N–H and O–H groups in total. The van der Waals surface area contributed by atoms with Gasteiger partial charge in [0, 0.05) is 6.54 Å². The Bertz CT molecular complexity index is 742. The maximum Gasteiger partial charge on any atom is 0.224 e. The highest BCUT2D eigenvalue weighted by Gasteiger charge is 2.12. The molecule has 4 nitrogen and oxygen atoms in total. The fraction of sp³-hybridized carbons (Fsp3) is 0.278. The first kappa shape index (κ1) is 18.6. The second kappa shape index (κ2) is 8.41. The van der Waals surface area contributed by atoms with E-state index in [1.165, 1.54) is 7.11 Å². The topological polar surface area (TPSA) is 47.6 Å². The SMILES string of the molecule is COc1ccc(CCNC(=O)Cc2cc(F)c(F)c(F)c2)cc1OC. The molecule has 0 aliphatic heterocycles. The lowest BCUT2D eigenvalue weighted by atomic mass is 10.1. The van der Waals surface area contributed by atoms with Crippen LogP contribution in [0.15, 0.2) is 30.3 Å². The van der Waals surface area contributed by atoms with Crippen molar-refractivity contribution in [3.05, 3.63) is 58.9 Å². The number of ether oxygens (including phenoxy) is 2. The van der Waals surface area contributed by atoms with E-state index < -0.39 is 23.4 Å². The van der Waals surface area contributed by atoms with Gasteiger partial charge in [0.2, 0.25) is 5.91 Å². The smallest absolute Gasteiger partial charge is 0.224 e. The summed E-state index contributed by atoms with van der Waals surface area (Å²) in [5.74, 6) is -3.39. The largest absolute Gasteiger partial charge is 0.493 e. The lowest BCUT2D eigenvalue weighted by Gasteiger charge is -2.10. The molecule has 7 heteroatoms. The Morgan fingerprint density at radius 3 is 2.20 bits per heavy atom. The highest BCUT2D eigenvalue weighted by molar-refractivity contribution is 5.78. The van der Waals surface area contributed by atoms with E-state index in [1.807, 2.05) is 6.07 Å². The zero-order chi connectivity index (χ0) is 18.4. The molecular formula is C18H18F3NO3. The van der Waals surface area contributed by atoms with E-state index in [9.17, 15) is 18.0 Å². The summed E-state index contributed by atoms with van der Waals surface area (Å²) in [6, 6.07) is 7.03. The summed E-state index contributed by atoms with van der Waals surface area (Å²) in [5.41, 5.74) is 0.997. The molecule has 0 heterocycles. The minimum atomic E-state index is -1.54. The summed E-state index contributed by atoms with van der Waals surface area (Å²) >= 11 is 0. The van der Waals surface area contributed by atoms with E-state index in [0.717, 1.165) is 17.7 Å². The number of methoxy groups -OCH3 is 2. The van der Waals surface area contributed by atoms with Gasteiger partial charge in [0.15, 0.2) is 29.0 Å². The second-order valence-corrected chi connectivity index (χ2v) is 5.34. The molecular weight excluding hydrogens is 335 g/mol. The number of halogens is 3. The molecule has 2 rings (SSSR count). The summed E-state index contributed by atoms with van der Waals surface area (Å²) in [5, 5.41) is 2.65. The molecule has 0 bridgehead atoms. The van der Waals surface area contributed by atoms with Crippen LogP contribution in [0.1, 0.15) is 11.1 Å². The summed E-state index contributed by atoms with van der Waals surface area (Å²) < 4.78 is 49.5. The number of nitrogens with one attached hydrogen (secondary N) is 1. The molecule has 0 aliphatic carbocycles. The lowest BCUT2D eigenvalue weighted by molar-refractivity contribution is -0.120. The molecule has 0 saturated heterocycles. The van der Waals surface area contributed by atoms with Crippen molar-refractivity contribution in [2.75, 3.05) is 20.8 Å². The van der Waals surface area contributed by atoms with Crippen molar-refractivity contribution in [2.45, 2.75) is 12.8 Å². The maximum absolute atomic E-state index is 13.1. The van der Waals surface area contributed by atoms with E-state index in [-0.39, 0.29) is 12.0 Å². The molecule has 0 spiro atoms. The zero-order valence-electron chi connectivity index (χ0n) is 13.9. The van der Waals surface area contributed by atoms with Crippen LogP contribution >= 0.6 is 0 Å². The molecule has 134 valence electrons. The van der Waals surface area contributed by atoms with Gasteiger partial charge in [-0.25, -0.2) is 13.2 Å². The summed E-state index contributed by atoms with van der Waals surface area (Å²) in [7, 11) is 3.07. The van der Waals surface area contributed by atoms with Crippen LogP contribution in [-0.2, 0) is 17.6 Å². The van der Waals surface area contributed by atoms with Gasteiger partial charge >= 0.3 is 0 Å². The van der Waals surface area contributed by atoms with Gasteiger partial charge in [-0.3, -0.25) is 4.79 Å². The highest BCUT2D eigenvalue weighted by atomic mass is 19.2. The minimum absolute atomic E-state index is 0.0695. The monoisotopic (exact) mass is 353 g/mol. The van der Waals surface area contributed by atoms with Crippen molar-refractivity contribution < 1.29 is 27.4 Å². The number of carbonyl (C=O) groups is 1. The normalized spacial score (nSPS) is 10.4. The van der Waals surface area contributed by atoms with Crippen LogP contribution in [0, 0.1) is 17.5 Å². The van der Waals surface area contributed by atoms with Gasteiger partial charge in [0.05, 0.1) is 20.6 Å². The first-order valence-electron chi connectivity index (χ1n) is 7.55. The molecule has 0 atom stereocenters. The number of hydrogen-bond donors (Lipinski definition) is 1. The Hall–Kier alpha value is -2.70. The summed E-state index contributed by atoms with van der Waals surface area (Å²) in [6.45, 7) is 0.334. The summed E-state index contributed by atoms with van der Waals surface area (Å²) in [4.78, 5) is 11.8. The maximum atomic E-state index is 13.1. The average molecular weight is 353 g/mol. The molecule has 25 heavy (non-hydrogen) atoms. The molecule has 0 aliphatic rings. The predicted octanol–water partition coefficient (Wildman–Crippen LogP) is 3.02. The molecule has 0 saturated carbocycles. The quantitative estimate of drug-likeness (QED) is 0.779. The van der Waals surface area contributed by atoms with Gasteiger partial charge in [-0.05, 0) is 41.8 Å². The van der Waals surface area contributed by atoms with Crippen LogP contribution in [-0.4, -0.2) is 26.7 Å². The zero-order valence-corrected chi connectivity index (χ0v) is 13.9. The first-order chi connectivity index (χ1) is 11.9. The number of carbonyl (C=O) groups excluding carboxylic acids is 1. The van der Waals surface area contributed by atoms with Gasteiger partial charge < -0.3 is 14.8 Å². The second-order valence-electron chi connectivity index (χ2n) is 5.34. The summed E-state index contributed by atoms with van der Waals surface area (Å²) in [6.07, 6.45) is 0.304. The fourth-order valence-electron chi connectivity index (χ4n) is 2.34. The molecule has 0 aromatic heterocycles. The fourth-order valence-corrected chi connectivity index (χ4v) is 2.34. The molecule has 2 aromatic carbocycles. The van der Waals surface area contributed by atoms with Gasteiger partial charge in [0.1, 0.15) is 0 Å². The van der Waals surface area contributed by atoms with Crippen molar-refractivity contribution >= 4 is 5.91 Å². The van der Waals surface area contributed by atoms with Crippen LogP contribution in [0.4, 0.5) is 13.2 Å². The van der Waals surface area contributed by atoms with Crippen molar-refractivity contribution in [1.29, 1.82) is 0 Å². The van der Waals surface area contributed by atoms with Crippen molar-refractivity contribution in [3.8, 4) is 11.5 Å². The van der Waals surface area contributed by atoms with Crippen LogP contribution in [0.25, 0.3) is 0 Å². The standard InChI is InChI=1S/C18H18F3NO3/c1-24-15-4-3-11(9-16(15)25-2)5-6-22-17(23)10-12-7-13(19)18(21)14(20)8-12/h3-4,7-9H,5-6,10H2,1-2H3,(H,22,23). The van der Waals surface area contributed by atoms with Crippen molar-refractivity contribution in [2.24, 2.45) is 0 Å². The average Bonchev–Trinajstić information content (AvgIpc) is 2.59. The molecule has 0 unspecified atom stereocenters. The number of amides is 1. The Morgan fingerprint density at radius 1 is 0.960 bits per heavy atom. The third kappa shape index (κ3) is 4.89. The van der Waals surface area contributed by atoms with Crippen molar-refractivity contribution in [1.82, 2.24) is 5.32 Å². The lowest BCUT2D eigenvalue weighted by Crippen LogP contribution is -2.27.